The minimum atomic E-state index is -0.278. The van der Waals surface area contributed by atoms with Gasteiger partial charge < -0.3 is 14.8 Å². The SMILES string of the molecule is CCOc1cc(/C=C/c2nc3ccccc3[nH]c2=O)cc(Cl)c1O. The van der Waals surface area contributed by atoms with Gasteiger partial charge in [-0.15, -0.1) is 0 Å². The van der Waals surface area contributed by atoms with Crippen molar-refractivity contribution in [3.8, 4) is 11.5 Å². The molecule has 0 unspecified atom stereocenters. The number of para-hydroxylation sites is 2. The molecule has 0 spiro atoms. The zero-order chi connectivity index (χ0) is 17.1. The molecule has 2 N–H and O–H groups in total. The van der Waals surface area contributed by atoms with Crippen LogP contribution < -0.4 is 10.3 Å². The second-order valence-corrected chi connectivity index (χ2v) is 5.49. The number of hydrogen-bond donors (Lipinski definition) is 2. The Labute approximate surface area is 143 Å². The predicted molar refractivity (Wildman–Crippen MR) is 95.6 cm³/mol. The first-order valence-corrected chi connectivity index (χ1v) is 7.78. The Hall–Kier alpha value is -2.79. The first-order valence-electron chi connectivity index (χ1n) is 7.41. The van der Waals surface area contributed by atoms with E-state index in [2.05, 4.69) is 9.97 Å². The molecular formula is C18H15ClN2O3. The van der Waals surface area contributed by atoms with Gasteiger partial charge in [-0.3, -0.25) is 4.79 Å². The Morgan fingerprint density at radius 3 is 2.88 bits per heavy atom. The fourth-order valence-corrected chi connectivity index (χ4v) is 2.51. The number of nitrogens with one attached hydrogen (secondary N) is 1. The van der Waals surface area contributed by atoms with Gasteiger partial charge in [-0.25, -0.2) is 4.98 Å². The quantitative estimate of drug-likeness (QED) is 0.755. The molecule has 1 aromatic heterocycles. The molecule has 0 radical (unpaired) electrons. The first kappa shape index (κ1) is 16.1. The second-order valence-electron chi connectivity index (χ2n) is 5.08. The minimum absolute atomic E-state index is 0.0997. The van der Waals surface area contributed by atoms with Crippen molar-refractivity contribution < 1.29 is 9.84 Å². The monoisotopic (exact) mass is 342 g/mol. The second kappa shape index (κ2) is 6.76. The molecule has 3 aromatic rings. The summed E-state index contributed by atoms with van der Waals surface area (Å²) in [5, 5.41) is 10.0. The molecule has 0 aliphatic heterocycles. The van der Waals surface area contributed by atoms with Gasteiger partial charge in [0, 0.05) is 0 Å². The van der Waals surface area contributed by atoms with E-state index in [9.17, 15) is 9.90 Å². The third kappa shape index (κ3) is 3.26. The first-order chi connectivity index (χ1) is 11.6. The van der Waals surface area contributed by atoms with E-state index in [0.717, 1.165) is 0 Å². The summed E-state index contributed by atoms with van der Waals surface area (Å²) in [5.41, 5.74) is 2.09. The Balaban J connectivity index is 1.99. The van der Waals surface area contributed by atoms with Crippen LogP contribution in [0, 0.1) is 0 Å². The number of phenols is 1. The normalized spacial score (nSPS) is 11.2. The van der Waals surface area contributed by atoms with Crippen LogP contribution in [0.25, 0.3) is 23.2 Å². The van der Waals surface area contributed by atoms with Gasteiger partial charge in [0.15, 0.2) is 11.5 Å². The van der Waals surface area contributed by atoms with Crippen molar-refractivity contribution in [2.45, 2.75) is 6.92 Å². The van der Waals surface area contributed by atoms with Crippen molar-refractivity contribution in [2.24, 2.45) is 0 Å². The van der Waals surface area contributed by atoms with Gasteiger partial charge >= 0.3 is 0 Å². The highest BCUT2D eigenvalue weighted by atomic mass is 35.5. The largest absolute Gasteiger partial charge is 0.503 e. The van der Waals surface area contributed by atoms with Crippen LogP contribution >= 0.6 is 11.6 Å². The average molecular weight is 343 g/mol. The highest BCUT2D eigenvalue weighted by Gasteiger charge is 2.08. The molecule has 5 nitrogen and oxygen atoms in total. The lowest BCUT2D eigenvalue weighted by Gasteiger charge is -2.08. The van der Waals surface area contributed by atoms with Crippen molar-refractivity contribution in [3.63, 3.8) is 0 Å². The Kier molecular flexibility index (Phi) is 4.53. The Morgan fingerprint density at radius 2 is 2.08 bits per heavy atom. The highest BCUT2D eigenvalue weighted by Crippen LogP contribution is 2.35. The summed E-state index contributed by atoms with van der Waals surface area (Å²) in [4.78, 5) is 19.2. The lowest BCUT2D eigenvalue weighted by Crippen LogP contribution is -2.11. The summed E-state index contributed by atoms with van der Waals surface area (Å²) in [7, 11) is 0. The standard InChI is InChI=1S/C18H15ClN2O3/c1-2-24-16-10-11(9-12(19)17(16)22)7-8-15-18(23)21-14-6-4-3-5-13(14)20-15/h3-10,22H,2H2,1H3,(H,21,23)/b8-7+. The van der Waals surface area contributed by atoms with Crippen molar-refractivity contribution >= 4 is 34.8 Å². The van der Waals surface area contributed by atoms with E-state index in [1.807, 2.05) is 25.1 Å². The number of H-pyrrole nitrogens is 1. The van der Waals surface area contributed by atoms with Crippen LogP contribution in [-0.4, -0.2) is 21.7 Å². The number of ether oxygens (including phenoxy) is 1. The summed E-state index contributed by atoms with van der Waals surface area (Å²) >= 11 is 6.00. The molecule has 0 aliphatic rings. The van der Waals surface area contributed by atoms with E-state index in [-0.39, 0.29) is 22.0 Å². The fraction of sp³-hybridized carbons (Fsp3) is 0.111. The van der Waals surface area contributed by atoms with Crippen molar-refractivity contribution in [1.82, 2.24) is 9.97 Å². The van der Waals surface area contributed by atoms with Crippen LogP contribution in [0.4, 0.5) is 0 Å². The molecule has 3 rings (SSSR count). The summed E-state index contributed by atoms with van der Waals surface area (Å²) in [6, 6.07) is 10.6. The van der Waals surface area contributed by atoms with Crippen molar-refractivity contribution in [3.05, 3.63) is 63.0 Å². The van der Waals surface area contributed by atoms with E-state index in [1.165, 1.54) is 0 Å². The molecule has 0 bridgehead atoms. The molecular weight excluding hydrogens is 328 g/mol. The van der Waals surface area contributed by atoms with Crippen LogP contribution in [0.15, 0.2) is 41.2 Å². The molecule has 122 valence electrons. The zero-order valence-corrected chi connectivity index (χ0v) is 13.7. The molecule has 24 heavy (non-hydrogen) atoms. The third-order valence-electron chi connectivity index (χ3n) is 3.41. The minimum Gasteiger partial charge on any atom is -0.503 e. The molecule has 0 saturated heterocycles. The van der Waals surface area contributed by atoms with E-state index in [0.29, 0.717) is 29.0 Å². The molecule has 0 amide bonds. The summed E-state index contributed by atoms with van der Waals surface area (Å²) in [6.45, 7) is 2.22. The van der Waals surface area contributed by atoms with E-state index in [1.54, 1.807) is 30.4 Å². The number of aromatic hydroxyl groups is 1. The lowest BCUT2D eigenvalue weighted by molar-refractivity contribution is 0.318. The van der Waals surface area contributed by atoms with E-state index in [4.69, 9.17) is 16.3 Å². The number of rotatable bonds is 4. The number of nitrogens with zero attached hydrogens (tertiary/aromatic N) is 1. The van der Waals surface area contributed by atoms with Crippen molar-refractivity contribution in [1.29, 1.82) is 0 Å². The van der Waals surface area contributed by atoms with E-state index >= 15 is 0 Å². The third-order valence-corrected chi connectivity index (χ3v) is 3.70. The number of halogens is 1. The maximum atomic E-state index is 12.1. The summed E-state index contributed by atoms with van der Waals surface area (Å²) in [5.74, 6) is 0.197. The maximum absolute atomic E-state index is 12.1. The maximum Gasteiger partial charge on any atom is 0.274 e. The molecule has 0 aliphatic carbocycles. The summed E-state index contributed by atoms with van der Waals surface area (Å²) in [6.07, 6.45) is 3.30. The predicted octanol–water partition coefficient (Wildman–Crippen LogP) is 3.85. The molecule has 2 aromatic carbocycles. The van der Waals surface area contributed by atoms with Gasteiger partial charge in [0.25, 0.3) is 5.56 Å². The van der Waals surface area contributed by atoms with Gasteiger partial charge in [0.1, 0.15) is 5.69 Å². The smallest absolute Gasteiger partial charge is 0.274 e. The van der Waals surface area contributed by atoms with Crippen LogP contribution in [0.5, 0.6) is 11.5 Å². The number of aromatic amines is 1. The van der Waals surface area contributed by atoms with Crippen LogP contribution in [0.1, 0.15) is 18.2 Å². The van der Waals surface area contributed by atoms with Gasteiger partial charge in [-0.2, -0.15) is 0 Å². The molecule has 0 fully saturated rings. The topological polar surface area (TPSA) is 75.2 Å². The van der Waals surface area contributed by atoms with Crippen molar-refractivity contribution in [2.75, 3.05) is 6.61 Å². The van der Waals surface area contributed by atoms with Crippen LogP contribution in [-0.2, 0) is 0 Å². The number of benzene rings is 2. The Morgan fingerprint density at radius 1 is 1.29 bits per heavy atom. The van der Waals surface area contributed by atoms with E-state index < -0.39 is 0 Å². The van der Waals surface area contributed by atoms with Gasteiger partial charge in [-0.05, 0) is 42.8 Å². The van der Waals surface area contributed by atoms with Gasteiger partial charge in [0.05, 0.1) is 22.7 Å². The number of hydrogen-bond acceptors (Lipinski definition) is 4. The van der Waals surface area contributed by atoms with Gasteiger partial charge in [0.2, 0.25) is 0 Å². The lowest BCUT2D eigenvalue weighted by atomic mass is 10.1. The average Bonchev–Trinajstić information content (AvgIpc) is 2.57. The van der Waals surface area contributed by atoms with Crippen LogP contribution in [0.3, 0.4) is 0 Å². The van der Waals surface area contributed by atoms with Crippen LogP contribution in [0.2, 0.25) is 5.02 Å². The zero-order valence-electron chi connectivity index (χ0n) is 12.9. The number of phenolic OH excluding ortho intramolecular Hbond substituents is 1. The highest BCUT2D eigenvalue weighted by molar-refractivity contribution is 6.32. The molecule has 0 atom stereocenters. The molecule has 1 heterocycles. The molecule has 6 heteroatoms. The molecule has 0 saturated carbocycles. The fourth-order valence-electron chi connectivity index (χ4n) is 2.29. The van der Waals surface area contributed by atoms with Gasteiger partial charge in [-0.1, -0.05) is 29.8 Å². The Bertz CT molecular complexity index is 980. The summed E-state index contributed by atoms with van der Waals surface area (Å²) < 4.78 is 5.34. The number of aromatic nitrogens is 2. The number of fused-ring (bicyclic) bond motifs is 1.